The summed E-state index contributed by atoms with van der Waals surface area (Å²) in [4.78, 5) is 19.6. The van der Waals surface area contributed by atoms with E-state index in [1.165, 1.54) is 26.2 Å². The summed E-state index contributed by atoms with van der Waals surface area (Å²) in [6.45, 7) is 2.82. The van der Waals surface area contributed by atoms with Crippen LogP contribution in [0.5, 0.6) is 0 Å². The number of aromatic nitrogens is 2. The lowest BCUT2D eigenvalue weighted by molar-refractivity contribution is 0.103. The van der Waals surface area contributed by atoms with Gasteiger partial charge in [-0.05, 0) is 48.0 Å². The van der Waals surface area contributed by atoms with Crippen molar-refractivity contribution in [3.05, 3.63) is 57.8 Å². The minimum Gasteiger partial charge on any atom is -0.345 e. The predicted octanol–water partition coefficient (Wildman–Crippen LogP) is 3.98. The summed E-state index contributed by atoms with van der Waals surface area (Å²) in [6, 6.07) is 3.37. The van der Waals surface area contributed by atoms with E-state index in [2.05, 4.69) is 30.6 Å². The summed E-state index contributed by atoms with van der Waals surface area (Å²) in [5.41, 5.74) is -0.952. The molecule has 2 aromatic heterocycles. The number of nitrogens with one attached hydrogen (secondary N) is 2. The first-order chi connectivity index (χ1) is 12.6. The fraction of sp³-hybridized carbons (Fsp3) is 0.176. The molecule has 2 N–H and O–H groups in total. The van der Waals surface area contributed by atoms with Gasteiger partial charge in [-0.15, -0.1) is 0 Å². The third-order valence-corrected chi connectivity index (χ3v) is 6.11. The Balaban J connectivity index is 2.12. The van der Waals surface area contributed by atoms with Gasteiger partial charge in [0.25, 0.3) is 0 Å². The minimum absolute atomic E-state index is 0.0143. The second kappa shape index (κ2) is 7.01. The quantitative estimate of drug-likeness (QED) is 0.566. The lowest BCUT2D eigenvalue weighted by atomic mass is 10.0. The van der Waals surface area contributed by atoms with E-state index in [0.29, 0.717) is 15.5 Å². The van der Waals surface area contributed by atoms with Crippen LogP contribution in [-0.2, 0) is 10.0 Å². The Morgan fingerprint density at radius 3 is 2.67 bits per heavy atom. The van der Waals surface area contributed by atoms with Gasteiger partial charge in [-0.25, -0.2) is 22.2 Å². The van der Waals surface area contributed by atoms with Crippen LogP contribution in [0.25, 0.3) is 11.0 Å². The van der Waals surface area contributed by atoms with E-state index in [9.17, 15) is 22.0 Å². The summed E-state index contributed by atoms with van der Waals surface area (Å²) < 4.78 is 55.7. The van der Waals surface area contributed by atoms with Gasteiger partial charge in [0.2, 0.25) is 15.8 Å². The van der Waals surface area contributed by atoms with Crippen LogP contribution < -0.4 is 4.72 Å². The minimum atomic E-state index is -3.87. The summed E-state index contributed by atoms with van der Waals surface area (Å²) in [5, 5.41) is -0.459. The normalized spacial score (nSPS) is 11.9. The molecule has 2 heterocycles. The fourth-order valence-corrected chi connectivity index (χ4v) is 3.44. The molecule has 0 saturated carbocycles. The summed E-state index contributed by atoms with van der Waals surface area (Å²) in [5.74, 6) is -3.30. The van der Waals surface area contributed by atoms with Gasteiger partial charge in [0.15, 0.2) is 5.82 Å². The molecule has 10 heteroatoms. The Kier molecular flexibility index (Phi) is 5.04. The number of rotatable bonds is 5. The monoisotopic (exact) mass is 457 g/mol. The average molecular weight is 458 g/mol. The van der Waals surface area contributed by atoms with Crippen LogP contribution in [0.4, 0.5) is 14.5 Å². The molecule has 6 nitrogen and oxygen atoms in total. The van der Waals surface area contributed by atoms with Crippen LogP contribution in [0.3, 0.4) is 0 Å². The molecule has 0 fully saturated rings. The highest BCUT2D eigenvalue weighted by Gasteiger charge is 2.26. The molecule has 1 aromatic carbocycles. The lowest BCUT2D eigenvalue weighted by Crippen LogP contribution is -2.23. The third kappa shape index (κ3) is 3.59. The van der Waals surface area contributed by atoms with Crippen LogP contribution in [0.15, 0.2) is 35.1 Å². The van der Waals surface area contributed by atoms with Crippen LogP contribution in [0, 0.1) is 11.6 Å². The molecule has 0 radical (unpaired) electrons. The van der Waals surface area contributed by atoms with Gasteiger partial charge in [0.05, 0.1) is 16.5 Å². The Bertz CT molecular complexity index is 1160. The molecule has 0 spiro atoms. The molecule has 0 aliphatic heterocycles. The van der Waals surface area contributed by atoms with E-state index in [1.54, 1.807) is 6.07 Å². The first-order valence-electron chi connectivity index (χ1n) is 7.78. The number of sulfonamides is 1. The van der Waals surface area contributed by atoms with Gasteiger partial charge >= 0.3 is 0 Å². The predicted molar refractivity (Wildman–Crippen MR) is 101 cm³/mol. The lowest BCUT2D eigenvalue weighted by Gasteiger charge is -2.13. The Morgan fingerprint density at radius 2 is 2.00 bits per heavy atom. The highest BCUT2D eigenvalue weighted by atomic mass is 79.9. The number of aromatic amines is 1. The van der Waals surface area contributed by atoms with E-state index in [-0.39, 0.29) is 5.56 Å². The van der Waals surface area contributed by atoms with Crippen LogP contribution >= 0.6 is 15.9 Å². The molecule has 0 bridgehead atoms. The number of pyridine rings is 1. The van der Waals surface area contributed by atoms with Gasteiger partial charge in [-0.2, -0.15) is 0 Å². The standard InChI is InChI=1S/C17H14BrF2N3O3S/c1-8(2)27(25,26)23-13-4-3-12(19)14(15(13)20)16(24)11-7-22-17-10(11)5-9(18)6-21-17/h3-8,23H,1-2H3,(H,21,22). The molecular weight excluding hydrogens is 444 g/mol. The zero-order chi connectivity index (χ0) is 19.9. The molecule has 0 aliphatic carbocycles. The largest absolute Gasteiger partial charge is 0.345 e. The maximum Gasteiger partial charge on any atom is 0.235 e. The van der Waals surface area contributed by atoms with E-state index in [0.717, 1.165) is 12.1 Å². The SMILES string of the molecule is CC(C)S(=O)(=O)Nc1ccc(F)c(C(=O)c2c[nH]c3ncc(Br)cc23)c1F. The first-order valence-corrected chi connectivity index (χ1v) is 10.1. The second-order valence-corrected chi connectivity index (χ2v) is 9.21. The number of carbonyl (C=O) groups excluding carboxylic acids is 1. The fourth-order valence-electron chi connectivity index (χ4n) is 2.41. The van der Waals surface area contributed by atoms with Crippen molar-refractivity contribution >= 4 is 48.5 Å². The number of ketones is 1. The van der Waals surface area contributed by atoms with E-state index >= 15 is 0 Å². The van der Waals surface area contributed by atoms with E-state index in [1.807, 2.05) is 0 Å². The van der Waals surface area contributed by atoms with Gasteiger partial charge in [0, 0.05) is 27.8 Å². The first kappa shape index (κ1) is 19.4. The molecule has 0 atom stereocenters. The summed E-state index contributed by atoms with van der Waals surface area (Å²) >= 11 is 3.23. The number of hydrogen-bond acceptors (Lipinski definition) is 4. The van der Waals surface area contributed by atoms with Crippen molar-refractivity contribution in [1.29, 1.82) is 0 Å². The Hall–Kier alpha value is -2.33. The molecule has 142 valence electrons. The van der Waals surface area contributed by atoms with Crippen molar-refractivity contribution in [2.45, 2.75) is 19.1 Å². The number of hydrogen-bond donors (Lipinski definition) is 2. The zero-order valence-corrected chi connectivity index (χ0v) is 16.6. The van der Waals surface area contributed by atoms with E-state index in [4.69, 9.17) is 0 Å². The van der Waals surface area contributed by atoms with Crippen molar-refractivity contribution < 1.29 is 22.0 Å². The molecule has 3 rings (SSSR count). The highest BCUT2D eigenvalue weighted by Crippen LogP contribution is 2.28. The number of halogens is 3. The average Bonchev–Trinajstić information content (AvgIpc) is 3.00. The zero-order valence-electron chi connectivity index (χ0n) is 14.2. The van der Waals surface area contributed by atoms with Gasteiger partial charge in [-0.1, -0.05) is 0 Å². The topological polar surface area (TPSA) is 91.9 Å². The van der Waals surface area contributed by atoms with Gasteiger partial charge in [-0.3, -0.25) is 9.52 Å². The van der Waals surface area contributed by atoms with Crippen molar-refractivity contribution in [3.63, 3.8) is 0 Å². The van der Waals surface area contributed by atoms with Gasteiger partial charge in [0.1, 0.15) is 11.5 Å². The number of carbonyl (C=O) groups is 1. The number of anilines is 1. The van der Waals surface area contributed by atoms with Crippen molar-refractivity contribution in [3.8, 4) is 0 Å². The third-order valence-electron chi connectivity index (χ3n) is 3.93. The number of fused-ring (bicyclic) bond motifs is 1. The number of benzene rings is 1. The van der Waals surface area contributed by atoms with Crippen LogP contribution in [0.1, 0.15) is 29.8 Å². The maximum atomic E-state index is 14.8. The highest BCUT2D eigenvalue weighted by molar-refractivity contribution is 9.10. The van der Waals surface area contributed by atoms with Crippen LogP contribution in [0.2, 0.25) is 0 Å². The molecule has 27 heavy (non-hydrogen) atoms. The van der Waals surface area contributed by atoms with Crippen molar-refractivity contribution in [2.75, 3.05) is 4.72 Å². The Labute approximate surface area is 162 Å². The molecular formula is C17H14BrF2N3O3S. The molecule has 3 aromatic rings. The van der Waals surface area contributed by atoms with E-state index < -0.39 is 43.9 Å². The maximum absolute atomic E-state index is 14.8. The number of H-pyrrole nitrogens is 1. The summed E-state index contributed by atoms with van der Waals surface area (Å²) in [6.07, 6.45) is 2.81. The van der Waals surface area contributed by atoms with Gasteiger partial charge < -0.3 is 4.98 Å². The molecule has 0 saturated heterocycles. The molecule has 0 amide bonds. The molecule has 0 aliphatic rings. The second-order valence-electron chi connectivity index (χ2n) is 6.06. The summed E-state index contributed by atoms with van der Waals surface area (Å²) in [7, 11) is -3.87. The molecule has 0 unspecified atom stereocenters. The van der Waals surface area contributed by atoms with Crippen molar-refractivity contribution in [2.24, 2.45) is 0 Å². The smallest absolute Gasteiger partial charge is 0.235 e. The Morgan fingerprint density at radius 1 is 1.30 bits per heavy atom. The van der Waals surface area contributed by atoms with Crippen LogP contribution in [-0.4, -0.2) is 29.4 Å². The van der Waals surface area contributed by atoms with Crippen molar-refractivity contribution in [1.82, 2.24) is 9.97 Å². The number of nitrogens with zero attached hydrogens (tertiary/aromatic N) is 1.